The van der Waals surface area contributed by atoms with Crippen molar-refractivity contribution in [1.82, 2.24) is 4.98 Å². The zero-order valence-electron chi connectivity index (χ0n) is 15.6. The lowest BCUT2D eigenvalue weighted by Gasteiger charge is -2.20. The van der Waals surface area contributed by atoms with Crippen LogP contribution in [0.2, 0.25) is 4.34 Å². The van der Waals surface area contributed by atoms with Crippen molar-refractivity contribution in [2.75, 3.05) is 14.2 Å². The van der Waals surface area contributed by atoms with Gasteiger partial charge in [0.05, 0.1) is 26.0 Å². The number of hydrogen-bond donors (Lipinski definition) is 1. The van der Waals surface area contributed by atoms with Gasteiger partial charge in [-0.1, -0.05) is 11.6 Å². The second kappa shape index (κ2) is 8.58. The molecule has 11 heteroatoms. The number of nitrogens with zero attached hydrogens (tertiary/aromatic N) is 1. The molecule has 0 spiro atoms. The highest BCUT2D eigenvalue weighted by Crippen LogP contribution is 2.43. The average molecular weight is 472 g/mol. The number of hydrogen-bond acceptors (Lipinski definition) is 7. The number of methoxy groups -OCH3 is 2. The summed E-state index contributed by atoms with van der Waals surface area (Å²) in [5.74, 6) is -1.94. The molecule has 0 saturated heterocycles. The maximum absolute atomic E-state index is 14.7. The lowest BCUT2D eigenvalue weighted by Crippen LogP contribution is -2.18. The summed E-state index contributed by atoms with van der Waals surface area (Å²) in [5.41, 5.74) is -0.173. The number of carboxylic acids is 1. The van der Waals surface area contributed by atoms with E-state index in [1.807, 2.05) is 0 Å². The van der Waals surface area contributed by atoms with Crippen LogP contribution in [0.5, 0.6) is 11.5 Å². The summed E-state index contributed by atoms with van der Waals surface area (Å²) < 4.78 is 52.4. The highest BCUT2D eigenvalue weighted by molar-refractivity contribution is 7.92. The number of benzene rings is 2. The van der Waals surface area contributed by atoms with Crippen molar-refractivity contribution in [3.63, 3.8) is 0 Å². The Kier molecular flexibility index (Phi) is 6.30. The van der Waals surface area contributed by atoms with Crippen LogP contribution < -0.4 is 9.47 Å². The van der Waals surface area contributed by atoms with Gasteiger partial charge in [-0.05, 0) is 30.3 Å². The maximum Gasteiger partial charge on any atom is 0.335 e. The maximum atomic E-state index is 14.7. The van der Waals surface area contributed by atoms with Crippen molar-refractivity contribution in [2.24, 2.45) is 0 Å². The SMILES string of the molecule is COc1ccc(C(c2ncc(Cl)s2)S(=O)(=O)c2ccc(C(=O)O)cc2F)c(OC)c1. The third-order valence-corrected chi connectivity index (χ3v) is 7.61. The normalized spacial score (nSPS) is 12.4. The monoisotopic (exact) mass is 471 g/mol. The van der Waals surface area contributed by atoms with E-state index in [4.69, 9.17) is 26.2 Å². The average Bonchev–Trinajstić information content (AvgIpc) is 3.13. The molecule has 1 aromatic heterocycles. The molecule has 0 bridgehead atoms. The zero-order chi connectivity index (χ0) is 22.1. The Bertz CT molecular complexity index is 1210. The van der Waals surface area contributed by atoms with Crippen LogP contribution in [0.25, 0.3) is 0 Å². The first-order valence-corrected chi connectivity index (χ1v) is 11.0. The number of sulfone groups is 1. The van der Waals surface area contributed by atoms with Gasteiger partial charge in [0.1, 0.15) is 36.8 Å². The van der Waals surface area contributed by atoms with Crippen LogP contribution in [-0.4, -0.2) is 38.7 Å². The van der Waals surface area contributed by atoms with Crippen molar-refractivity contribution in [2.45, 2.75) is 10.1 Å². The molecule has 0 fully saturated rings. The minimum Gasteiger partial charge on any atom is -0.497 e. The van der Waals surface area contributed by atoms with E-state index < -0.39 is 31.8 Å². The number of ether oxygens (including phenoxy) is 2. The van der Waals surface area contributed by atoms with Gasteiger partial charge in [-0.15, -0.1) is 11.3 Å². The standard InChI is InChI=1S/C19H15ClFNO6S2/c1-27-11-4-5-12(14(8-11)28-2)17(18-22-9-16(20)29-18)30(25,26)15-6-3-10(19(23)24)7-13(15)21/h3-9,17H,1-2H3,(H,23,24). The Balaban J connectivity index is 2.25. The van der Waals surface area contributed by atoms with Crippen LogP contribution >= 0.6 is 22.9 Å². The molecule has 2 aromatic carbocycles. The van der Waals surface area contributed by atoms with Gasteiger partial charge in [0.25, 0.3) is 0 Å². The molecule has 1 N–H and O–H groups in total. The molecular formula is C19H15ClFNO6S2. The molecule has 3 aromatic rings. The first-order valence-electron chi connectivity index (χ1n) is 8.29. The lowest BCUT2D eigenvalue weighted by molar-refractivity contribution is 0.0696. The summed E-state index contributed by atoms with van der Waals surface area (Å²) in [6.07, 6.45) is 1.30. The third kappa shape index (κ3) is 4.11. The third-order valence-electron chi connectivity index (χ3n) is 4.24. The summed E-state index contributed by atoms with van der Waals surface area (Å²) in [7, 11) is -1.61. The molecule has 0 aliphatic carbocycles. The molecule has 1 atom stereocenters. The number of carbonyl (C=O) groups is 1. The van der Waals surface area contributed by atoms with E-state index in [2.05, 4.69) is 4.98 Å². The fourth-order valence-corrected chi connectivity index (χ4v) is 6.00. The molecular weight excluding hydrogens is 457 g/mol. The van der Waals surface area contributed by atoms with Crippen molar-refractivity contribution in [3.8, 4) is 11.5 Å². The first-order chi connectivity index (χ1) is 14.2. The van der Waals surface area contributed by atoms with E-state index in [1.54, 1.807) is 6.07 Å². The molecule has 3 rings (SSSR count). The van der Waals surface area contributed by atoms with E-state index >= 15 is 0 Å². The van der Waals surface area contributed by atoms with Gasteiger partial charge in [-0.2, -0.15) is 0 Å². The fourth-order valence-electron chi connectivity index (χ4n) is 2.85. The predicted octanol–water partition coefficient (Wildman–Crippen LogP) is 4.21. The van der Waals surface area contributed by atoms with Gasteiger partial charge in [0, 0.05) is 11.6 Å². The summed E-state index contributed by atoms with van der Waals surface area (Å²) in [4.78, 5) is 14.5. The molecule has 0 saturated carbocycles. The van der Waals surface area contributed by atoms with Crippen LogP contribution in [0.1, 0.15) is 26.2 Å². The van der Waals surface area contributed by atoms with Gasteiger partial charge in [-0.25, -0.2) is 22.6 Å². The van der Waals surface area contributed by atoms with Crippen molar-refractivity contribution < 1.29 is 32.2 Å². The Morgan fingerprint density at radius 1 is 1.20 bits per heavy atom. The molecule has 0 aliphatic heterocycles. The van der Waals surface area contributed by atoms with E-state index in [9.17, 15) is 17.6 Å². The van der Waals surface area contributed by atoms with Crippen molar-refractivity contribution in [3.05, 3.63) is 68.9 Å². The van der Waals surface area contributed by atoms with E-state index in [0.717, 1.165) is 23.5 Å². The topological polar surface area (TPSA) is 103 Å². The second-order valence-electron chi connectivity index (χ2n) is 5.99. The predicted molar refractivity (Wildman–Crippen MR) is 109 cm³/mol. The van der Waals surface area contributed by atoms with E-state index in [-0.39, 0.29) is 26.2 Å². The van der Waals surface area contributed by atoms with Gasteiger partial charge in [0.15, 0.2) is 9.84 Å². The van der Waals surface area contributed by atoms with Gasteiger partial charge >= 0.3 is 5.97 Å². The van der Waals surface area contributed by atoms with Crippen LogP contribution in [-0.2, 0) is 9.84 Å². The van der Waals surface area contributed by atoms with Gasteiger partial charge < -0.3 is 14.6 Å². The Labute approximate surface area is 180 Å². The first kappa shape index (κ1) is 22.0. The van der Waals surface area contributed by atoms with E-state index in [0.29, 0.717) is 11.8 Å². The molecule has 158 valence electrons. The van der Waals surface area contributed by atoms with Crippen molar-refractivity contribution >= 4 is 38.7 Å². The minimum atomic E-state index is -4.42. The highest BCUT2D eigenvalue weighted by Gasteiger charge is 2.37. The number of aromatic carboxylic acids is 1. The largest absolute Gasteiger partial charge is 0.497 e. The van der Waals surface area contributed by atoms with Crippen LogP contribution in [0.4, 0.5) is 4.39 Å². The summed E-state index contributed by atoms with van der Waals surface area (Å²) in [6.45, 7) is 0. The summed E-state index contributed by atoms with van der Waals surface area (Å²) in [5, 5.41) is 7.68. The molecule has 0 radical (unpaired) electrons. The number of carboxylic acid groups (broad SMARTS) is 1. The Morgan fingerprint density at radius 2 is 1.93 bits per heavy atom. The number of thiazole rings is 1. The Hall–Kier alpha value is -2.69. The Morgan fingerprint density at radius 3 is 2.47 bits per heavy atom. The molecule has 1 heterocycles. The fraction of sp³-hybridized carbons (Fsp3) is 0.158. The molecule has 1 unspecified atom stereocenters. The van der Waals surface area contributed by atoms with E-state index in [1.165, 1.54) is 32.5 Å². The van der Waals surface area contributed by atoms with Crippen molar-refractivity contribution in [1.29, 1.82) is 0 Å². The minimum absolute atomic E-state index is 0.102. The van der Waals surface area contributed by atoms with Gasteiger partial charge in [-0.3, -0.25) is 0 Å². The number of rotatable bonds is 7. The zero-order valence-corrected chi connectivity index (χ0v) is 18.0. The van der Waals surface area contributed by atoms with Crippen LogP contribution in [0.15, 0.2) is 47.5 Å². The quantitative estimate of drug-likeness (QED) is 0.550. The lowest BCUT2D eigenvalue weighted by atomic mass is 10.1. The highest BCUT2D eigenvalue weighted by atomic mass is 35.5. The summed E-state index contributed by atoms with van der Waals surface area (Å²) in [6, 6.07) is 7.13. The van der Waals surface area contributed by atoms with Crippen LogP contribution in [0, 0.1) is 5.82 Å². The molecule has 7 nitrogen and oxygen atoms in total. The number of aromatic nitrogens is 1. The summed E-state index contributed by atoms with van der Waals surface area (Å²) >= 11 is 6.89. The number of halogens is 2. The molecule has 30 heavy (non-hydrogen) atoms. The smallest absolute Gasteiger partial charge is 0.335 e. The van der Waals surface area contributed by atoms with Crippen LogP contribution in [0.3, 0.4) is 0 Å². The molecule has 0 aliphatic rings. The molecule has 0 amide bonds. The second-order valence-corrected chi connectivity index (χ2v) is 9.68. The van der Waals surface area contributed by atoms with Gasteiger partial charge in [0.2, 0.25) is 0 Å².